The standard InChI is InChI=1S/C19H22ClNO2/c1-3-17(14-9-6-5-7-10-14)21-19(22)18(4-2)23-16-12-8-11-15(20)13-16/h5-13,17-18H,3-4H2,1-2H3,(H,21,22). The van der Waals surface area contributed by atoms with Gasteiger partial charge in [-0.05, 0) is 36.6 Å². The summed E-state index contributed by atoms with van der Waals surface area (Å²) in [5.74, 6) is 0.496. The maximum Gasteiger partial charge on any atom is 0.261 e. The van der Waals surface area contributed by atoms with E-state index in [-0.39, 0.29) is 11.9 Å². The number of nitrogens with one attached hydrogen (secondary N) is 1. The first-order valence-corrected chi connectivity index (χ1v) is 8.29. The number of carbonyl (C=O) groups is 1. The Labute approximate surface area is 142 Å². The van der Waals surface area contributed by atoms with Gasteiger partial charge in [-0.15, -0.1) is 0 Å². The van der Waals surface area contributed by atoms with E-state index in [4.69, 9.17) is 16.3 Å². The summed E-state index contributed by atoms with van der Waals surface area (Å²) >= 11 is 5.96. The molecule has 0 aliphatic rings. The number of rotatable bonds is 7. The van der Waals surface area contributed by atoms with Gasteiger partial charge in [0.25, 0.3) is 5.91 Å². The van der Waals surface area contributed by atoms with Crippen LogP contribution in [-0.4, -0.2) is 12.0 Å². The Morgan fingerprint density at radius 1 is 1.09 bits per heavy atom. The first kappa shape index (κ1) is 17.4. The Bertz CT molecular complexity index is 630. The summed E-state index contributed by atoms with van der Waals surface area (Å²) in [5, 5.41) is 3.66. The Hall–Kier alpha value is -2.00. The van der Waals surface area contributed by atoms with E-state index in [1.165, 1.54) is 0 Å². The maximum atomic E-state index is 12.5. The smallest absolute Gasteiger partial charge is 0.261 e. The van der Waals surface area contributed by atoms with Gasteiger partial charge in [-0.2, -0.15) is 0 Å². The molecule has 0 spiro atoms. The van der Waals surface area contributed by atoms with Crippen LogP contribution in [-0.2, 0) is 4.79 Å². The van der Waals surface area contributed by atoms with Crippen molar-refractivity contribution in [3.63, 3.8) is 0 Å². The molecule has 2 atom stereocenters. The molecular weight excluding hydrogens is 310 g/mol. The van der Waals surface area contributed by atoms with Gasteiger partial charge in [0.15, 0.2) is 6.10 Å². The molecule has 1 N–H and O–H groups in total. The monoisotopic (exact) mass is 331 g/mol. The summed E-state index contributed by atoms with van der Waals surface area (Å²) in [5.41, 5.74) is 1.10. The summed E-state index contributed by atoms with van der Waals surface area (Å²) < 4.78 is 5.79. The van der Waals surface area contributed by atoms with Crippen LogP contribution >= 0.6 is 11.6 Å². The Morgan fingerprint density at radius 2 is 1.83 bits per heavy atom. The number of halogens is 1. The second kappa shape index (κ2) is 8.59. The summed E-state index contributed by atoms with van der Waals surface area (Å²) in [7, 11) is 0. The molecule has 4 heteroatoms. The summed E-state index contributed by atoms with van der Waals surface area (Å²) in [4.78, 5) is 12.5. The zero-order valence-electron chi connectivity index (χ0n) is 13.5. The van der Waals surface area contributed by atoms with Crippen LogP contribution in [0.4, 0.5) is 0 Å². The molecule has 0 fully saturated rings. The van der Waals surface area contributed by atoms with Crippen LogP contribution in [0.15, 0.2) is 54.6 Å². The Kier molecular flexibility index (Phi) is 6.48. The third-order valence-corrected chi connectivity index (χ3v) is 3.90. The minimum absolute atomic E-state index is 0.0132. The van der Waals surface area contributed by atoms with Gasteiger partial charge in [-0.25, -0.2) is 0 Å². The molecule has 0 aromatic heterocycles. The fraction of sp³-hybridized carbons (Fsp3) is 0.316. The molecule has 0 saturated heterocycles. The van der Waals surface area contributed by atoms with E-state index in [2.05, 4.69) is 12.2 Å². The Morgan fingerprint density at radius 3 is 2.43 bits per heavy atom. The quantitative estimate of drug-likeness (QED) is 0.794. The molecule has 0 heterocycles. The highest BCUT2D eigenvalue weighted by Gasteiger charge is 2.21. The van der Waals surface area contributed by atoms with Crippen molar-refractivity contribution < 1.29 is 9.53 Å². The Balaban J connectivity index is 2.04. The van der Waals surface area contributed by atoms with Gasteiger partial charge in [-0.3, -0.25) is 4.79 Å². The van der Waals surface area contributed by atoms with Gasteiger partial charge in [0.2, 0.25) is 0 Å². The van der Waals surface area contributed by atoms with Gasteiger partial charge in [-0.1, -0.05) is 61.8 Å². The SMILES string of the molecule is CCC(Oc1cccc(Cl)c1)C(=O)NC(CC)c1ccccc1. The van der Waals surface area contributed by atoms with E-state index in [0.717, 1.165) is 12.0 Å². The van der Waals surface area contributed by atoms with Crippen molar-refractivity contribution in [1.29, 1.82) is 0 Å². The highest BCUT2D eigenvalue weighted by molar-refractivity contribution is 6.30. The third-order valence-electron chi connectivity index (χ3n) is 3.66. The second-order valence-electron chi connectivity index (χ2n) is 5.35. The summed E-state index contributed by atoms with van der Waals surface area (Å²) in [6, 6.07) is 17.0. The van der Waals surface area contributed by atoms with Crippen LogP contribution in [0.1, 0.15) is 38.3 Å². The number of hydrogen-bond acceptors (Lipinski definition) is 2. The fourth-order valence-electron chi connectivity index (χ4n) is 2.40. The molecule has 0 radical (unpaired) electrons. The van der Waals surface area contributed by atoms with Crippen LogP contribution in [0.25, 0.3) is 0 Å². The molecule has 2 aromatic carbocycles. The molecule has 1 amide bonds. The second-order valence-corrected chi connectivity index (χ2v) is 5.79. The number of hydrogen-bond donors (Lipinski definition) is 1. The van der Waals surface area contributed by atoms with Crippen molar-refractivity contribution in [2.24, 2.45) is 0 Å². The van der Waals surface area contributed by atoms with Crippen molar-refractivity contribution in [2.75, 3.05) is 0 Å². The first-order valence-electron chi connectivity index (χ1n) is 7.91. The summed E-state index contributed by atoms with van der Waals surface area (Å²) in [6.07, 6.45) is 0.874. The minimum atomic E-state index is -0.536. The topological polar surface area (TPSA) is 38.3 Å². The highest BCUT2D eigenvalue weighted by Crippen LogP contribution is 2.20. The average molecular weight is 332 g/mol. The average Bonchev–Trinajstić information content (AvgIpc) is 2.58. The van der Waals surface area contributed by atoms with E-state index in [9.17, 15) is 4.79 Å². The molecule has 23 heavy (non-hydrogen) atoms. The molecule has 0 saturated carbocycles. The number of ether oxygens (including phenoxy) is 1. The van der Waals surface area contributed by atoms with E-state index in [0.29, 0.717) is 17.2 Å². The summed E-state index contributed by atoms with van der Waals surface area (Å²) in [6.45, 7) is 3.98. The van der Waals surface area contributed by atoms with E-state index < -0.39 is 6.10 Å². The van der Waals surface area contributed by atoms with E-state index >= 15 is 0 Å². The molecule has 0 bridgehead atoms. The lowest BCUT2D eigenvalue weighted by Gasteiger charge is -2.22. The van der Waals surface area contributed by atoms with E-state index in [1.807, 2.05) is 37.3 Å². The molecule has 122 valence electrons. The predicted octanol–water partition coefficient (Wildman–Crippen LogP) is 4.76. The van der Waals surface area contributed by atoms with Crippen LogP contribution in [0.3, 0.4) is 0 Å². The van der Waals surface area contributed by atoms with Crippen LogP contribution in [0.5, 0.6) is 5.75 Å². The van der Waals surface area contributed by atoms with Crippen LogP contribution < -0.4 is 10.1 Å². The number of amides is 1. The maximum absolute atomic E-state index is 12.5. The molecule has 0 aliphatic carbocycles. The highest BCUT2D eigenvalue weighted by atomic mass is 35.5. The fourth-order valence-corrected chi connectivity index (χ4v) is 2.58. The first-order chi connectivity index (χ1) is 11.1. The normalized spacial score (nSPS) is 13.2. The zero-order chi connectivity index (χ0) is 16.7. The van der Waals surface area contributed by atoms with Crippen molar-refractivity contribution in [2.45, 2.75) is 38.8 Å². The minimum Gasteiger partial charge on any atom is -0.481 e. The molecule has 2 rings (SSSR count). The van der Waals surface area contributed by atoms with Crippen LogP contribution in [0.2, 0.25) is 5.02 Å². The van der Waals surface area contributed by atoms with Gasteiger partial charge >= 0.3 is 0 Å². The van der Waals surface area contributed by atoms with Gasteiger partial charge < -0.3 is 10.1 Å². The zero-order valence-corrected chi connectivity index (χ0v) is 14.2. The van der Waals surface area contributed by atoms with Gasteiger partial charge in [0.1, 0.15) is 5.75 Å². The van der Waals surface area contributed by atoms with Gasteiger partial charge in [0, 0.05) is 5.02 Å². The van der Waals surface area contributed by atoms with Crippen molar-refractivity contribution in [3.05, 3.63) is 65.2 Å². The molecule has 0 aliphatic heterocycles. The molecule has 2 aromatic rings. The molecular formula is C19H22ClNO2. The lowest BCUT2D eigenvalue weighted by atomic mass is 10.0. The van der Waals surface area contributed by atoms with Crippen LogP contribution in [0, 0.1) is 0 Å². The lowest BCUT2D eigenvalue weighted by molar-refractivity contribution is -0.128. The van der Waals surface area contributed by atoms with Crippen molar-refractivity contribution >= 4 is 17.5 Å². The largest absolute Gasteiger partial charge is 0.481 e. The third kappa shape index (κ3) is 5.00. The molecule has 3 nitrogen and oxygen atoms in total. The van der Waals surface area contributed by atoms with Crippen molar-refractivity contribution in [1.82, 2.24) is 5.32 Å². The van der Waals surface area contributed by atoms with Crippen molar-refractivity contribution in [3.8, 4) is 5.75 Å². The predicted molar refractivity (Wildman–Crippen MR) is 93.8 cm³/mol. The number of benzene rings is 2. The van der Waals surface area contributed by atoms with Gasteiger partial charge in [0.05, 0.1) is 6.04 Å². The number of carbonyl (C=O) groups excluding carboxylic acids is 1. The lowest BCUT2D eigenvalue weighted by Crippen LogP contribution is -2.39. The molecule has 2 unspecified atom stereocenters. The van der Waals surface area contributed by atoms with E-state index in [1.54, 1.807) is 24.3 Å².